The average Bonchev–Trinajstić information content (AvgIpc) is 2.51. The molecule has 3 aromatic rings. The number of benzene rings is 2. The van der Waals surface area contributed by atoms with Gasteiger partial charge in [-0.05, 0) is 36.1 Å². The minimum Gasteiger partial charge on any atom is -0.324 e. The maximum atomic E-state index is 6.18. The predicted octanol–water partition coefficient (Wildman–Crippen LogP) is 4.89. The molecule has 3 nitrogen and oxygen atoms in total. The first-order valence-electron chi connectivity index (χ1n) is 6.52. The van der Waals surface area contributed by atoms with Gasteiger partial charge in [0.2, 0.25) is 5.95 Å². The summed E-state index contributed by atoms with van der Waals surface area (Å²) in [7, 11) is 0. The van der Waals surface area contributed by atoms with E-state index in [-0.39, 0.29) is 0 Å². The molecule has 0 fully saturated rings. The molecule has 0 aliphatic rings. The van der Waals surface area contributed by atoms with Gasteiger partial charge in [0.1, 0.15) is 0 Å². The standard InChI is InChI=1S/C16H14ClN3S/c1-21-10-12-8-13(6-7-14(12)17)19-16-18-9-11-4-2-3-5-15(11)20-16/h2-9H,10H2,1H3,(H,18,19,20). The Balaban J connectivity index is 1.89. The largest absolute Gasteiger partial charge is 0.324 e. The molecular formula is C16H14ClN3S. The number of thioether (sulfide) groups is 1. The second-order valence-electron chi connectivity index (χ2n) is 4.62. The zero-order valence-corrected chi connectivity index (χ0v) is 13.1. The van der Waals surface area contributed by atoms with Crippen LogP contribution in [0.4, 0.5) is 11.6 Å². The smallest absolute Gasteiger partial charge is 0.227 e. The molecule has 1 heterocycles. The highest BCUT2D eigenvalue weighted by atomic mass is 35.5. The molecule has 21 heavy (non-hydrogen) atoms. The monoisotopic (exact) mass is 315 g/mol. The van der Waals surface area contributed by atoms with Gasteiger partial charge in [0.25, 0.3) is 0 Å². The molecule has 0 saturated heterocycles. The zero-order chi connectivity index (χ0) is 14.7. The lowest BCUT2D eigenvalue weighted by Crippen LogP contribution is -1.97. The van der Waals surface area contributed by atoms with Crippen molar-refractivity contribution >= 4 is 45.9 Å². The Morgan fingerprint density at radius 2 is 2.05 bits per heavy atom. The van der Waals surface area contributed by atoms with Crippen LogP contribution < -0.4 is 5.32 Å². The van der Waals surface area contributed by atoms with E-state index >= 15 is 0 Å². The normalized spacial score (nSPS) is 10.8. The van der Waals surface area contributed by atoms with Gasteiger partial charge in [-0.2, -0.15) is 11.8 Å². The summed E-state index contributed by atoms with van der Waals surface area (Å²) in [6.07, 6.45) is 3.88. The number of hydrogen-bond acceptors (Lipinski definition) is 4. The Bertz CT molecular complexity index is 776. The Hall–Kier alpha value is -1.78. The van der Waals surface area contributed by atoms with Crippen LogP contribution in [0, 0.1) is 0 Å². The highest BCUT2D eigenvalue weighted by molar-refractivity contribution is 7.97. The van der Waals surface area contributed by atoms with E-state index in [0.717, 1.165) is 32.9 Å². The van der Waals surface area contributed by atoms with Crippen LogP contribution in [0.1, 0.15) is 5.56 Å². The molecule has 0 spiro atoms. The minimum absolute atomic E-state index is 0.589. The maximum Gasteiger partial charge on any atom is 0.227 e. The van der Waals surface area contributed by atoms with Gasteiger partial charge in [-0.1, -0.05) is 29.8 Å². The van der Waals surface area contributed by atoms with Crippen LogP contribution in [-0.4, -0.2) is 16.2 Å². The summed E-state index contributed by atoms with van der Waals surface area (Å²) < 4.78 is 0. The van der Waals surface area contributed by atoms with Crippen molar-refractivity contribution in [2.45, 2.75) is 5.75 Å². The lowest BCUT2D eigenvalue weighted by Gasteiger charge is -2.09. The Labute approximate surface area is 132 Å². The number of halogens is 1. The molecule has 0 amide bonds. The molecule has 0 unspecified atom stereocenters. The number of fused-ring (bicyclic) bond motifs is 1. The highest BCUT2D eigenvalue weighted by Crippen LogP contribution is 2.25. The molecule has 0 bridgehead atoms. The van der Waals surface area contributed by atoms with Gasteiger partial charge in [-0.3, -0.25) is 0 Å². The summed E-state index contributed by atoms with van der Waals surface area (Å²) in [6.45, 7) is 0. The van der Waals surface area contributed by atoms with Crippen molar-refractivity contribution in [2.24, 2.45) is 0 Å². The van der Waals surface area contributed by atoms with Gasteiger partial charge in [-0.25, -0.2) is 9.97 Å². The van der Waals surface area contributed by atoms with Gasteiger partial charge in [0, 0.05) is 28.0 Å². The van der Waals surface area contributed by atoms with E-state index in [4.69, 9.17) is 11.6 Å². The predicted molar refractivity (Wildman–Crippen MR) is 91.5 cm³/mol. The summed E-state index contributed by atoms with van der Waals surface area (Å²) in [5.74, 6) is 1.47. The molecule has 0 aliphatic carbocycles. The van der Waals surface area contributed by atoms with Crippen molar-refractivity contribution in [3.8, 4) is 0 Å². The van der Waals surface area contributed by atoms with E-state index in [1.807, 2.05) is 48.7 Å². The van der Waals surface area contributed by atoms with Crippen molar-refractivity contribution in [1.29, 1.82) is 0 Å². The summed E-state index contributed by atoms with van der Waals surface area (Å²) in [5, 5.41) is 5.05. The van der Waals surface area contributed by atoms with Gasteiger partial charge >= 0.3 is 0 Å². The van der Waals surface area contributed by atoms with E-state index < -0.39 is 0 Å². The number of aromatic nitrogens is 2. The molecule has 0 radical (unpaired) electrons. The third-order valence-electron chi connectivity index (χ3n) is 3.09. The quantitative estimate of drug-likeness (QED) is 0.744. The number of para-hydroxylation sites is 1. The van der Waals surface area contributed by atoms with Crippen LogP contribution in [0.2, 0.25) is 5.02 Å². The number of nitrogens with one attached hydrogen (secondary N) is 1. The van der Waals surface area contributed by atoms with Gasteiger partial charge in [-0.15, -0.1) is 0 Å². The van der Waals surface area contributed by atoms with Crippen LogP contribution >= 0.6 is 23.4 Å². The topological polar surface area (TPSA) is 37.8 Å². The molecule has 0 saturated carbocycles. The summed E-state index contributed by atoms with van der Waals surface area (Å²) in [6, 6.07) is 13.8. The first-order chi connectivity index (χ1) is 10.3. The number of anilines is 2. The van der Waals surface area contributed by atoms with Crippen molar-refractivity contribution in [1.82, 2.24) is 9.97 Å². The first kappa shape index (κ1) is 14.2. The zero-order valence-electron chi connectivity index (χ0n) is 11.5. The maximum absolute atomic E-state index is 6.18. The number of nitrogens with zero attached hydrogens (tertiary/aromatic N) is 2. The van der Waals surface area contributed by atoms with E-state index in [2.05, 4.69) is 21.5 Å². The third-order valence-corrected chi connectivity index (χ3v) is 4.06. The molecule has 5 heteroatoms. The molecular weight excluding hydrogens is 302 g/mol. The summed E-state index contributed by atoms with van der Waals surface area (Å²) in [4.78, 5) is 8.85. The van der Waals surface area contributed by atoms with Crippen LogP contribution in [0.5, 0.6) is 0 Å². The lowest BCUT2D eigenvalue weighted by atomic mass is 10.2. The van der Waals surface area contributed by atoms with E-state index in [1.165, 1.54) is 0 Å². The van der Waals surface area contributed by atoms with Crippen molar-refractivity contribution in [3.05, 3.63) is 59.2 Å². The fraction of sp³-hybridized carbons (Fsp3) is 0.125. The molecule has 106 valence electrons. The average molecular weight is 316 g/mol. The third kappa shape index (κ3) is 3.28. The van der Waals surface area contributed by atoms with Gasteiger partial charge < -0.3 is 5.32 Å². The number of rotatable bonds is 4. The Kier molecular flexibility index (Phi) is 4.27. The molecule has 2 aromatic carbocycles. The Morgan fingerprint density at radius 3 is 2.90 bits per heavy atom. The Morgan fingerprint density at radius 1 is 1.19 bits per heavy atom. The molecule has 3 rings (SSSR count). The van der Waals surface area contributed by atoms with Gasteiger partial charge in [0.15, 0.2) is 0 Å². The van der Waals surface area contributed by atoms with Crippen molar-refractivity contribution < 1.29 is 0 Å². The second kappa shape index (κ2) is 6.33. The fourth-order valence-corrected chi connectivity index (χ4v) is 2.89. The van der Waals surface area contributed by atoms with Crippen molar-refractivity contribution in [3.63, 3.8) is 0 Å². The fourth-order valence-electron chi connectivity index (χ4n) is 2.08. The van der Waals surface area contributed by atoms with Crippen LogP contribution in [0.25, 0.3) is 10.9 Å². The first-order valence-corrected chi connectivity index (χ1v) is 8.29. The molecule has 0 aliphatic heterocycles. The van der Waals surface area contributed by atoms with Crippen molar-refractivity contribution in [2.75, 3.05) is 11.6 Å². The number of hydrogen-bond donors (Lipinski definition) is 1. The molecule has 1 N–H and O–H groups in total. The summed E-state index contributed by atoms with van der Waals surface area (Å²) >= 11 is 7.93. The highest BCUT2D eigenvalue weighted by Gasteiger charge is 2.04. The van der Waals surface area contributed by atoms with Crippen LogP contribution in [0.15, 0.2) is 48.7 Å². The van der Waals surface area contributed by atoms with E-state index in [0.29, 0.717) is 5.95 Å². The van der Waals surface area contributed by atoms with E-state index in [9.17, 15) is 0 Å². The minimum atomic E-state index is 0.589. The lowest BCUT2D eigenvalue weighted by molar-refractivity contribution is 1.21. The van der Waals surface area contributed by atoms with Crippen LogP contribution in [-0.2, 0) is 5.75 Å². The summed E-state index contributed by atoms with van der Waals surface area (Å²) in [5.41, 5.74) is 2.97. The molecule has 1 aromatic heterocycles. The van der Waals surface area contributed by atoms with E-state index in [1.54, 1.807) is 11.8 Å². The van der Waals surface area contributed by atoms with Crippen LogP contribution in [0.3, 0.4) is 0 Å². The van der Waals surface area contributed by atoms with Gasteiger partial charge in [0.05, 0.1) is 5.52 Å². The second-order valence-corrected chi connectivity index (χ2v) is 5.89. The SMILES string of the molecule is CSCc1cc(Nc2ncc3ccccc3n2)ccc1Cl. The molecule has 0 atom stereocenters.